The summed E-state index contributed by atoms with van der Waals surface area (Å²) in [4.78, 5) is 23.5. The molecule has 0 spiro atoms. The van der Waals surface area contributed by atoms with Crippen molar-refractivity contribution in [1.82, 2.24) is 10.6 Å². The maximum absolute atomic E-state index is 12.3. The Balaban J connectivity index is 1.62. The van der Waals surface area contributed by atoms with Gasteiger partial charge in [0.05, 0.1) is 18.5 Å². The molecule has 6 nitrogen and oxygen atoms in total. The minimum atomic E-state index is -0.559. The Bertz CT molecular complexity index is 896. The van der Waals surface area contributed by atoms with Gasteiger partial charge in [-0.1, -0.05) is 55.0 Å². The van der Waals surface area contributed by atoms with Crippen molar-refractivity contribution in [2.24, 2.45) is 5.73 Å². The number of carbonyl (C=O) groups is 2. The first-order chi connectivity index (χ1) is 14.0. The standard InChI is InChI=1S/C23H26N4O2/c24-15-20(27-23(29)21-6-1-2-11-26-21)13-16-7-9-18(10-8-16)19-5-3-4-17(12-19)14-22(25)28/h3-5,7-10,12,20-21,26H,1-2,6,11,13-14H2,(H2,25,28)(H,27,29)/t20-,21-/m0/s1. The number of benzene rings is 2. The van der Waals surface area contributed by atoms with Gasteiger partial charge in [0.15, 0.2) is 0 Å². The Morgan fingerprint density at radius 3 is 2.59 bits per heavy atom. The van der Waals surface area contributed by atoms with Crippen molar-refractivity contribution in [1.29, 1.82) is 5.26 Å². The van der Waals surface area contributed by atoms with E-state index in [0.717, 1.165) is 48.1 Å². The van der Waals surface area contributed by atoms with Gasteiger partial charge in [-0.15, -0.1) is 0 Å². The molecule has 2 atom stereocenters. The predicted octanol–water partition coefficient (Wildman–Crippen LogP) is 2.07. The lowest BCUT2D eigenvalue weighted by molar-refractivity contribution is -0.124. The summed E-state index contributed by atoms with van der Waals surface area (Å²) in [6, 6.07) is 17.0. The maximum atomic E-state index is 12.3. The lowest BCUT2D eigenvalue weighted by Crippen LogP contribution is -2.49. The quantitative estimate of drug-likeness (QED) is 0.672. The number of hydrogen-bond donors (Lipinski definition) is 3. The summed E-state index contributed by atoms with van der Waals surface area (Å²) in [5.74, 6) is -0.454. The van der Waals surface area contributed by atoms with Gasteiger partial charge in [-0.2, -0.15) is 5.26 Å². The molecule has 4 N–H and O–H groups in total. The van der Waals surface area contributed by atoms with E-state index in [2.05, 4.69) is 16.7 Å². The summed E-state index contributed by atoms with van der Waals surface area (Å²) in [6.07, 6.45) is 3.60. The molecule has 0 aromatic heterocycles. The first-order valence-electron chi connectivity index (χ1n) is 9.95. The average Bonchev–Trinajstić information content (AvgIpc) is 2.74. The van der Waals surface area contributed by atoms with Crippen molar-refractivity contribution in [3.8, 4) is 17.2 Å². The number of primary amides is 1. The van der Waals surface area contributed by atoms with E-state index in [-0.39, 0.29) is 24.3 Å². The highest BCUT2D eigenvalue weighted by molar-refractivity contribution is 5.82. The number of piperidine rings is 1. The molecule has 0 unspecified atom stereocenters. The molecule has 1 saturated heterocycles. The van der Waals surface area contributed by atoms with Crippen molar-refractivity contribution < 1.29 is 9.59 Å². The summed E-state index contributed by atoms with van der Waals surface area (Å²) in [5, 5.41) is 15.5. The molecule has 150 valence electrons. The molecule has 2 aromatic rings. The van der Waals surface area contributed by atoms with E-state index in [1.807, 2.05) is 48.5 Å². The van der Waals surface area contributed by atoms with Crippen LogP contribution < -0.4 is 16.4 Å². The second-order valence-electron chi connectivity index (χ2n) is 7.44. The first kappa shape index (κ1) is 20.6. The first-order valence-corrected chi connectivity index (χ1v) is 9.95. The summed E-state index contributed by atoms with van der Waals surface area (Å²) >= 11 is 0. The fourth-order valence-corrected chi connectivity index (χ4v) is 3.61. The monoisotopic (exact) mass is 390 g/mol. The number of carbonyl (C=O) groups excluding carboxylic acids is 2. The minimum absolute atomic E-state index is 0.0980. The molecule has 0 saturated carbocycles. The predicted molar refractivity (Wildman–Crippen MR) is 112 cm³/mol. The van der Waals surface area contributed by atoms with Crippen LogP contribution in [0.4, 0.5) is 0 Å². The van der Waals surface area contributed by atoms with E-state index in [0.29, 0.717) is 6.42 Å². The molecule has 6 heteroatoms. The van der Waals surface area contributed by atoms with Crippen LogP contribution in [0.15, 0.2) is 48.5 Å². The van der Waals surface area contributed by atoms with Gasteiger partial charge in [0.25, 0.3) is 0 Å². The molecule has 2 amide bonds. The van der Waals surface area contributed by atoms with Gasteiger partial charge in [-0.3, -0.25) is 9.59 Å². The van der Waals surface area contributed by atoms with Gasteiger partial charge in [0.1, 0.15) is 6.04 Å². The number of nitriles is 1. The third kappa shape index (κ3) is 5.90. The number of nitrogens with zero attached hydrogens (tertiary/aromatic N) is 1. The van der Waals surface area contributed by atoms with E-state index in [9.17, 15) is 14.9 Å². The van der Waals surface area contributed by atoms with Crippen molar-refractivity contribution in [2.75, 3.05) is 6.54 Å². The normalized spacial score (nSPS) is 17.1. The zero-order chi connectivity index (χ0) is 20.6. The topological polar surface area (TPSA) is 108 Å². The van der Waals surface area contributed by atoms with Gasteiger partial charge in [0.2, 0.25) is 11.8 Å². The molecule has 29 heavy (non-hydrogen) atoms. The van der Waals surface area contributed by atoms with Crippen LogP contribution in [-0.2, 0) is 22.4 Å². The highest BCUT2D eigenvalue weighted by Crippen LogP contribution is 2.22. The smallest absolute Gasteiger partial charge is 0.238 e. The number of nitrogens with one attached hydrogen (secondary N) is 2. The van der Waals surface area contributed by atoms with Crippen molar-refractivity contribution in [2.45, 2.75) is 44.2 Å². The SMILES string of the molecule is N#C[C@H](Cc1ccc(-c2cccc(CC(N)=O)c2)cc1)NC(=O)[C@@H]1CCCCN1. The minimum Gasteiger partial charge on any atom is -0.369 e. The number of hydrogen-bond acceptors (Lipinski definition) is 4. The van der Waals surface area contributed by atoms with Gasteiger partial charge in [-0.05, 0) is 41.6 Å². The molecule has 0 bridgehead atoms. The molecule has 1 aliphatic heterocycles. The van der Waals surface area contributed by atoms with Crippen LogP contribution in [0.25, 0.3) is 11.1 Å². The highest BCUT2D eigenvalue weighted by atomic mass is 16.2. The van der Waals surface area contributed by atoms with E-state index in [1.165, 1.54) is 0 Å². The van der Waals surface area contributed by atoms with E-state index in [1.54, 1.807) is 0 Å². The molecule has 1 heterocycles. The average molecular weight is 390 g/mol. The van der Waals surface area contributed by atoms with Crippen LogP contribution in [-0.4, -0.2) is 30.4 Å². The van der Waals surface area contributed by atoms with E-state index in [4.69, 9.17) is 5.73 Å². The highest BCUT2D eigenvalue weighted by Gasteiger charge is 2.23. The van der Waals surface area contributed by atoms with Crippen LogP contribution in [0.1, 0.15) is 30.4 Å². The molecule has 2 aromatic carbocycles. The summed E-state index contributed by atoms with van der Waals surface area (Å²) < 4.78 is 0. The Kier molecular flexibility index (Phi) is 6.99. The molecule has 0 radical (unpaired) electrons. The van der Waals surface area contributed by atoms with Gasteiger partial charge < -0.3 is 16.4 Å². The van der Waals surface area contributed by atoms with Crippen molar-refractivity contribution in [3.63, 3.8) is 0 Å². The summed E-state index contributed by atoms with van der Waals surface area (Å²) in [7, 11) is 0. The molecular weight excluding hydrogens is 364 g/mol. The van der Waals surface area contributed by atoms with Crippen molar-refractivity contribution >= 4 is 11.8 Å². The van der Waals surface area contributed by atoms with E-state index >= 15 is 0 Å². The van der Waals surface area contributed by atoms with Crippen LogP contribution in [0.5, 0.6) is 0 Å². The van der Waals surface area contributed by atoms with Gasteiger partial charge in [-0.25, -0.2) is 0 Å². The summed E-state index contributed by atoms with van der Waals surface area (Å²) in [6.45, 7) is 0.845. The second kappa shape index (κ2) is 9.85. The molecule has 0 aliphatic carbocycles. The van der Waals surface area contributed by atoms with Crippen LogP contribution in [0.2, 0.25) is 0 Å². The van der Waals surface area contributed by atoms with E-state index < -0.39 is 6.04 Å². The Morgan fingerprint density at radius 2 is 1.93 bits per heavy atom. The van der Waals surface area contributed by atoms with Crippen molar-refractivity contribution in [3.05, 3.63) is 59.7 Å². The van der Waals surface area contributed by atoms with Crippen LogP contribution in [0.3, 0.4) is 0 Å². The zero-order valence-electron chi connectivity index (χ0n) is 16.4. The molecule has 1 fully saturated rings. The second-order valence-corrected chi connectivity index (χ2v) is 7.44. The summed E-state index contributed by atoms with van der Waals surface area (Å²) in [5.41, 5.74) is 9.15. The third-order valence-corrected chi connectivity index (χ3v) is 5.13. The lowest BCUT2D eigenvalue weighted by Gasteiger charge is -2.23. The lowest BCUT2D eigenvalue weighted by atomic mass is 9.98. The molecule has 3 rings (SSSR count). The number of nitrogens with two attached hydrogens (primary N) is 1. The number of amides is 2. The van der Waals surface area contributed by atoms with Crippen LogP contribution >= 0.6 is 0 Å². The van der Waals surface area contributed by atoms with Crippen LogP contribution in [0, 0.1) is 11.3 Å². The third-order valence-electron chi connectivity index (χ3n) is 5.13. The molecule has 1 aliphatic rings. The fourth-order valence-electron chi connectivity index (χ4n) is 3.61. The zero-order valence-corrected chi connectivity index (χ0v) is 16.4. The molecular formula is C23H26N4O2. The maximum Gasteiger partial charge on any atom is 0.238 e. The Labute approximate surface area is 171 Å². The Hall–Kier alpha value is -3.17. The van der Waals surface area contributed by atoms with Gasteiger partial charge in [0, 0.05) is 6.42 Å². The van der Waals surface area contributed by atoms with Gasteiger partial charge >= 0.3 is 0 Å². The number of rotatable bonds is 7. The fraction of sp³-hybridized carbons (Fsp3) is 0.348. The largest absolute Gasteiger partial charge is 0.369 e. The Morgan fingerprint density at radius 1 is 1.14 bits per heavy atom.